The quantitative estimate of drug-likeness (QED) is 0.887. The van der Waals surface area contributed by atoms with Gasteiger partial charge in [0.15, 0.2) is 5.75 Å². The molecule has 0 saturated carbocycles. The van der Waals surface area contributed by atoms with E-state index in [0.717, 1.165) is 24.4 Å². The fourth-order valence-corrected chi connectivity index (χ4v) is 2.59. The molecule has 2 aromatic rings. The van der Waals surface area contributed by atoms with E-state index < -0.39 is 0 Å². The van der Waals surface area contributed by atoms with Crippen molar-refractivity contribution in [2.24, 2.45) is 11.8 Å². The van der Waals surface area contributed by atoms with Crippen molar-refractivity contribution in [3.63, 3.8) is 0 Å². The Balaban J connectivity index is 1.73. The van der Waals surface area contributed by atoms with Crippen molar-refractivity contribution >= 4 is 11.6 Å². The van der Waals surface area contributed by atoms with Gasteiger partial charge in [0.1, 0.15) is 5.75 Å². The zero-order valence-electron chi connectivity index (χ0n) is 13.5. The van der Waals surface area contributed by atoms with Gasteiger partial charge >= 0.3 is 0 Å². The summed E-state index contributed by atoms with van der Waals surface area (Å²) >= 11 is 0. The third-order valence-electron chi connectivity index (χ3n) is 4.30. The summed E-state index contributed by atoms with van der Waals surface area (Å²) in [7, 11) is 0. The summed E-state index contributed by atoms with van der Waals surface area (Å²) < 4.78 is 5.94. The van der Waals surface area contributed by atoms with E-state index in [0.29, 0.717) is 17.4 Å². The molecule has 1 heterocycles. The van der Waals surface area contributed by atoms with E-state index in [2.05, 4.69) is 10.6 Å². The molecule has 120 valence electrons. The monoisotopic (exact) mass is 310 g/mol. The number of anilines is 1. The summed E-state index contributed by atoms with van der Waals surface area (Å²) in [5, 5.41) is 6.21. The van der Waals surface area contributed by atoms with E-state index in [1.807, 2.05) is 62.4 Å². The summed E-state index contributed by atoms with van der Waals surface area (Å²) in [6.45, 7) is 5.83. The van der Waals surface area contributed by atoms with E-state index in [1.54, 1.807) is 0 Å². The molecule has 0 bridgehead atoms. The van der Waals surface area contributed by atoms with E-state index in [9.17, 15) is 4.79 Å². The first-order valence-electron chi connectivity index (χ1n) is 7.98. The highest BCUT2D eigenvalue weighted by Crippen LogP contribution is 2.30. The minimum absolute atomic E-state index is 0.0109. The van der Waals surface area contributed by atoms with E-state index in [4.69, 9.17) is 4.74 Å². The maximum absolute atomic E-state index is 12.4. The van der Waals surface area contributed by atoms with Gasteiger partial charge < -0.3 is 15.4 Å². The minimum atomic E-state index is -0.0109. The first-order chi connectivity index (χ1) is 11.1. The Hall–Kier alpha value is -2.33. The minimum Gasteiger partial charge on any atom is -0.455 e. The normalized spacial score (nSPS) is 15.6. The Morgan fingerprint density at radius 3 is 2.70 bits per heavy atom. The third kappa shape index (κ3) is 3.71. The fourth-order valence-electron chi connectivity index (χ4n) is 2.59. The van der Waals surface area contributed by atoms with Crippen LogP contribution in [0, 0.1) is 18.8 Å². The summed E-state index contributed by atoms with van der Waals surface area (Å²) in [5.41, 5.74) is 1.84. The van der Waals surface area contributed by atoms with Crippen molar-refractivity contribution in [3.8, 4) is 11.5 Å². The zero-order valence-corrected chi connectivity index (χ0v) is 13.5. The molecule has 2 aromatic carbocycles. The van der Waals surface area contributed by atoms with Crippen molar-refractivity contribution in [2.45, 2.75) is 13.8 Å². The average Bonchev–Trinajstić information content (AvgIpc) is 2.47. The SMILES string of the molecule is Cc1cccc(Oc2ccccc2NC(=O)C(C)C2CNC2)c1. The van der Waals surface area contributed by atoms with Crippen molar-refractivity contribution in [1.29, 1.82) is 0 Å². The van der Waals surface area contributed by atoms with Crippen molar-refractivity contribution in [1.82, 2.24) is 5.32 Å². The Bertz CT molecular complexity index is 695. The number of hydrogen-bond acceptors (Lipinski definition) is 3. The number of carbonyl (C=O) groups is 1. The zero-order chi connectivity index (χ0) is 16.2. The molecule has 1 unspecified atom stereocenters. The first kappa shape index (κ1) is 15.6. The molecule has 1 saturated heterocycles. The molecule has 1 fully saturated rings. The Morgan fingerprint density at radius 2 is 2.00 bits per heavy atom. The number of nitrogens with one attached hydrogen (secondary N) is 2. The van der Waals surface area contributed by atoms with Crippen LogP contribution < -0.4 is 15.4 Å². The molecule has 0 aromatic heterocycles. The molecule has 1 aliphatic heterocycles. The lowest BCUT2D eigenvalue weighted by Crippen LogP contribution is -2.48. The standard InChI is InChI=1S/C19H22N2O2/c1-13-6-5-7-16(10-13)23-18-9-4-3-8-17(18)21-19(22)14(2)15-11-20-12-15/h3-10,14-15,20H,11-12H2,1-2H3,(H,21,22). The molecule has 0 aliphatic carbocycles. The molecule has 1 aliphatic rings. The lowest BCUT2D eigenvalue weighted by atomic mass is 9.88. The highest BCUT2D eigenvalue weighted by Gasteiger charge is 2.29. The van der Waals surface area contributed by atoms with Gasteiger partial charge in [0.25, 0.3) is 0 Å². The number of aryl methyl sites for hydroxylation is 1. The van der Waals surface area contributed by atoms with Crippen molar-refractivity contribution < 1.29 is 9.53 Å². The third-order valence-corrected chi connectivity index (χ3v) is 4.30. The lowest BCUT2D eigenvalue weighted by molar-refractivity contribution is -0.121. The van der Waals surface area contributed by atoms with Crippen molar-refractivity contribution in [2.75, 3.05) is 18.4 Å². The fraction of sp³-hybridized carbons (Fsp3) is 0.316. The van der Waals surface area contributed by atoms with Crippen LogP contribution in [0.5, 0.6) is 11.5 Å². The largest absolute Gasteiger partial charge is 0.455 e. The smallest absolute Gasteiger partial charge is 0.227 e. The molecule has 1 atom stereocenters. The van der Waals surface area contributed by atoms with Gasteiger partial charge in [-0.3, -0.25) is 4.79 Å². The van der Waals surface area contributed by atoms with Crippen LogP contribution in [0.3, 0.4) is 0 Å². The van der Waals surface area contributed by atoms with Crippen LogP contribution in [0.25, 0.3) is 0 Å². The number of rotatable bonds is 5. The number of ether oxygens (including phenoxy) is 1. The second-order valence-electron chi connectivity index (χ2n) is 6.11. The lowest BCUT2D eigenvalue weighted by Gasteiger charge is -2.31. The molecular weight excluding hydrogens is 288 g/mol. The molecular formula is C19H22N2O2. The van der Waals surface area contributed by atoms with Gasteiger partial charge in [-0.15, -0.1) is 0 Å². The highest BCUT2D eigenvalue weighted by atomic mass is 16.5. The topological polar surface area (TPSA) is 50.4 Å². The molecule has 4 nitrogen and oxygen atoms in total. The van der Waals surface area contributed by atoms with Gasteiger partial charge in [0.2, 0.25) is 5.91 Å². The maximum atomic E-state index is 12.4. The van der Waals surface area contributed by atoms with Crippen molar-refractivity contribution in [3.05, 3.63) is 54.1 Å². The molecule has 1 amide bonds. The van der Waals surface area contributed by atoms with Gasteiger partial charge in [-0.25, -0.2) is 0 Å². The summed E-state index contributed by atoms with van der Waals surface area (Å²) in [6, 6.07) is 15.4. The molecule has 23 heavy (non-hydrogen) atoms. The van der Waals surface area contributed by atoms with Gasteiger partial charge in [-0.2, -0.15) is 0 Å². The number of hydrogen-bond donors (Lipinski definition) is 2. The average molecular weight is 310 g/mol. The van der Waals surface area contributed by atoms with Gasteiger partial charge in [-0.05, 0) is 55.8 Å². The number of carbonyl (C=O) groups excluding carboxylic acids is 1. The summed E-state index contributed by atoms with van der Waals surface area (Å²) in [4.78, 5) is 12.4. The molecule has 4 heteroatoms. The van der Waals surface area contributed by atoms with Crippen LogP contribution in [0.15, 0.2) is 48.5 Å². The number of benzene rings is 2. The Kier molecular flexibility index (Phi) is 4.63. The van der Waals surface area contributed by atoms with Crippen LogP contribution in [0.4, 0.5) is 5.69 Å². The Morgan fingerprint density at radius 1 is 1.22 bits per heavy atom. The van der Waals surface area contributed by atoms with Gasteiger partial charge in [-0.1, -0.05) is 31.2 Å². The molecule has 3 rings (SSSR count). The molecule has 0 radical (unpaired) electrons. The predicted octanol–water partition coefficient (Wildman–Crippen LogP) is 3.58. The van der Waals surface area contributed by atoms with Crippen LogP contribution >= 0.6 is 0 Å². The van der Waals surface area contributed by atoms with E-state index in [1.165, 1.54) is 0 Å². The Labute approximate surface area is 136 Å². The summed E-state index contributed by atoms with van der Waals surface area (Å²) in [5.74, 6) is 1.87. The predicted molar refractivity (Wildman–Crippen MR) is 91.8 cm³/mol. The highest BCUT2D eigenvalue weighted by molar-refractivity contribution is 5.94. The second-order valence-corrected chi connectivity index (χ2v) is 6.11. The first-order valence-corrected chi connectivity index (χ1v) is 7.98. The van der Waals surface area contributed by atoms with Crippen LogP contribution in [-0.2, 0) is 4.79 Å². The van der Waals surface area contributed by atoms with Crippen LogP contribution in [0.1, 0.15) is 12.5 Å². The molecule has 2 N–H and O–H groups in total. The summed E-state index contributed by atoms with van der Waals surface area (Å²) in [6.07, 6.45) is 0. The number of para-hydroxylation sites is 2. The maximum Gasteiger partial charge on any atom is 0.227 e. The van der Waals surface area contributed by atoms with Gasteiger partial charge in [0, 0.05) is 5.92 Å². The van der Waals surface area contributed by atoms with Crippen LogP contribution in [0.2, 0.25) is 0 Å². The van der Waals surface area contributed by atoms with Gasteiger partial charge in [0.05, 0.1) is 5.69 Å². The number of amides is 1. The van der Waals surface area contributed by atoms with E-state index >= 15 is 0 Å². The van der Waals surface area contributed by atoms with Crippen LogP contribution in [-0.4, -0.2) is 19.0 Å². The molecule has 0 spiro atoms. The van der Waals surface area contributed by atoms with E-state index in [-0.39, 0.29) is 11.8 Å². The second kappa shape index (κ2) is 6.84.